The molecule has 1 aromatic carbocycles. The predicted molar refractivity (Wildman–Crippen MR) is 87.6 cm³/mol. The molecule has 0 N–H and O–H groups in total. The minimum absolute atomic E-state index is 0.0960. The van der Waals surface area contributed by atoms with E-state index in [9.17, 15) is 14.9 Å². The third kappa shape index (κ3) is 5.21. The number of anilines is 1. The van der Waals surface area contributed by atoms with Gasteiger partial charge in [0.1, 0.15) is 5.60 Å². The minimum Gasteiger partial charge on any atom is -0.459 e. The van der Waals surface area contributed by atoms with Gasteiger partial charge in [0.05, 0.1) is 11.5 Å². The zero-order valence-corrected chi connectivity index (χ0v) is 13.8. The third-order valence-corrected chi connectivity index (χ3v) is 3.55. The smallest absolute Gasteiger partial charge is 0.320 e. The third-order valence-electron chi connectivity index (χ3n) is 3.55. The summed E-state index contributed by atoms with van der Waals surface area (Å²) in [4.78, 5) is 26.4. The Morgan fingerprint density at radius 3 is 2.48 bits per heavy atom. The first-order valence-corrected chi connectivity index (χ1v) is 7.68. The highest BCUT2D eigenvalue weighted by Crippen LogP contribution is 2.22. The second-order valence-electron chi connectivity index (χ2n) is 6.63. The molecule has 1 aromatic rings. The lowest BCUT2D eigenvalue weighted by atomic mass is 10.2. The van der Waals surface area contributed by atoms with Crippen LogP contribution in [0.1, 0.15) is 20.8 Å². The summed E-state index contributed by atoms with van der Waals surface area (Å²) >= 11 is 0. The molecule has 7 heteroatoms. The maximum atomic E-state index is 11.8. The molecule has 126 valence electrons. The van der Waals surface area contributed by atoms with Crippen LogP contribution in [0.5, 0.6) is 0 Å². The lowest BCUT2D eigenvalue weighted by Crippen LogP contribution is -2.48. The molecule has 0 aliphatic carbocycles. The number of carbonyl (C=O) groups excluding carboxylic acids is 1. The maximum absolute atomic E-state index is 11.8. The van der Waals surface area contributed by atoms with Crippen molar-refractivity contribution in [3.63, 3.8) is 0 Å². The first-order valence-electron chi connectivity index (χ1n) is 7.68. The number of piperazine rings is 1. The SMILES string of the molecule is CC(C)(C)OC(=O)CN1CCN(c2cccc([N+](=O)[O-])c2)CC1. The summed E-state index contributed by atoms with van der Waals surface area (Å²) in [7, 11) is 0. The average Bonchev–Trinajstić information content (AvgIpc) is 2.46. The van der Waals surface area contributed by atoms with Gasteiger partial charge in [0.25, 0.3) is 5.69 Å². The van der Waals surface area contributed by atoms with Crippen LogP contribution in [-0.4, -0.2) is 54.1 Å². The summed E-state index contributed by atoms with van der Waals surface area (Å²) in [5.74, 6) is -0.221. The highest BCUT2D eigenvalue weighted by molar-refractivity contribution is 5.72. The summed E-state index contributed by atoms with van der Waals surface area (Å²) in [6.45, 7) is 8.74. The van der Waals surface area contributed by atoms with Crippen LogP contribution >= 0.6 is 0 Å². The highest BCUT2D eigenvalue weighted by Gasteiger charge is 2.23. The number of rotatable bonds is 4. The maximum Gasteiger partial charge on any atom is 0.320 e. The first-order chi connectivity index (χ1) is 10.7. The fourth-order valence-electron chi connectivity index (χ4n) is 2.52. The monoisotopic (exact) mass is 321 g/mol. The van der Waals surface area contributed by atoms with Gasteiger partial charge in [-0.2, -0.15) is 0 Å². The standard InChI is InChI=1S/C16H23N3O4/c1-16(2,3)23-15(20)12-17-7-9-18(10-8-17)13-5-4-6-14(11-13)19(21)22/h4-6,11H,7-10,12H2,1-3H3. The number of nitrogens with zero attached hydrogens (tertiary/aromatic N) is 3. The van der Waals surface area contributed by atoms with E-state index in [-0.39, 0.29) is 23.1 Å². The van der Waals surface area contributed by atoms with Crippen molar-refractivity contribution in [2.75, 3.05) is 37.6 Å². The van der Waals surface area contributed by atoms with E-state index < -0.39 is 5.60 Å². The van der Waals surface area contributed by atoms with Gasteiger partial charge in [0, 0.05) is 44.0 Å². The first kappa shape index (κ1) is 17.2. The van der Waals surface area contributed by atoms with Crippen LogP contribution < -0.4 is 4.90 Å². The fraction of sp³-hybridized carbons (Fsp3) is 0.562. The Labute approximate surface area is 136 Å². The van der Waals surface area contributed by atoms with Gasteiger partial charge >= 0.3 is 5.97 Å². The molecule has 1 aliphatic heterocycles. The molecule has 2 rings (SSSR count). The minimum atomic E-state index is -0.470. The van der Waals surface area contributed by atoms with Gasteiger partial charge in [0.15, 0.2) is 0 Å². The predicted octanol–water partition coefficient (Wildman–Crippen LogP) is 2.06. The molecule has 1 heterocycles. The Morgan fingerprint density at radius 2 is 1.91 bits per heavy atom. The number of benzene rings is 1. The molecule has 0 radical (unpaired) electrons. The second-order valence-corrected chi connectivity index (χ2v) is 6.63. The van der Waals surface area contributed by atoms with Crippen LogP contribution in [0.3, 0.4) is 0 Å². The lowest BCUT2D eigenvalue weighted by Gasteiger charge is -2.35. The van der Waals surface area contributed by atoms with Gasteiger partial charge in [-0.3, -0.25) is 19.8 Å². The van der Waals surface area contributed by atoms with Gasteiger partial charge in [-0.1, -0.05) is 6.07 Å². The number of hydrogen-bond donors (Lipinski definition) is 0. The van der Waals surface area contributed by atoms with Crippen LogP contribution in [0.2, 0.25) is 0 Å². The zero-order valence-electron chi connectivity index (χ0n) is 13.8. The second kappa shape index (κ2) is 6.95. The number of esters is 1. The van der Waals surface area contributed by atoms with E-state index in [1.165, 1.54) is 6.07 Å². The Morgan fingerprint density at radius 1 is 1.26 bits per heavy atom. The molecule has 1 saturated heterocycles. The van der Waals surface area contributed by atoms with Crippen molar-refractivity contribution in [3.8, 4) is 0 Å². The van der Waals surface area contributed by atoms with Crippen molar-refractivity contribution in [1.29, 1.82) is 0 Å². The average molecular weight is 321 g/mol. The molecular weight excluding hydrogens is 298 g/mol. The van der Waals surface area contributed by atoms with E-state index in [0.717, 1.165) is 31.9 Å². The summed E-state index contributed by atoms with van der Waals surface area (Å²) < 4.78 is 5.32. The van der Waals surface area contributed by atoms with Gasteiger partial charge < -0.3 is 9.64 Å². The van der Waals surface area contributed by atoms with Crippen molar-refractivity contribution in [2.24, 2.45) is 0 Å². The van der Waals surface area contributed by atoms with Crippen LogP contribution in [0, 0.1) is 10.1 Å². The van der Waals surface area contributed by atoms with E-state index in [2.05, 4.69) is 4.90 Å². The van der Waals surface area contributed by atoms with Crippen LogP contribution in [0.4, 0.5) is 11.4 Å². The number of hydrogen-bond acceptors (Lipinski definition) is 6. The molecule has 0 amide bonds. The number of nitro groups is 1. The molecule has 0 unspecified atom stereocenters. The van der Waals surface area contributed by atoms with E-state index in [0.29, 0.717) is 0 Å². The van der Waals surface area contributed by atoms with E-state index in [1.807, 2.05) is 31.7 Å². The number of non-ortho nitro benzene ring substituents is 1. The van der Waals surface area contributed by atoms with E-state index in [4.69, 9.17) is 4.74 Å². The van der Waals surface area contributed by atoms with Crippen molar-refractivity contribution < 1.29 is 14.5 Å². The molecule has 0 aromatic heterocycles. The molecule has 0 spiro atoms. The van der Waals surface area contributed by atoms with Crippen LogP contribution in [0.15, 0.2) is 24.3 Å². The number of ether oxygens (including phenoxy) is 1. The molecule has 0 bridgehead atoms. The van der Waals surface area contributed by atoms with Gasteiger partial charge in [-0.05, 0) is 26.8 Å². The Kier molecular flexibility index (Phi) is 5.20. The lowest BCUT2D eigenvalue weighted by molar-refractivity contribution is -0.384. The van der Waals surface area contributed by atoms with E-state index in [1.54, 1.807) is 12.1 Å². The molecule has 1 fully saturated rings. The summed E-state index contributed by atoms with van der Waals surface area (Å²) in [5, 5.41) is 10.9. The number of nitro benzene ring substituents is 1. The fourth-order valence-corrected chi connectivity index (χ4v) is 2.52. The topological polar surface area (TPSA) is 75.9 Å². The van der Waals surface area contributed by atoms with Crippen LogP contribution in [0.25, 0.3) is 0 Å². The molecular formula is C16H23N3O4. The summed E-state index contributed by atoms with van der Waals surface area (Å²) in [6.07, 6.45) is 0. The molecule has 1 aliphatic rings. The van der Waals surface area contributed by atoms with Crippen LogP contribution in [-0.2, 0) is 9.53 Å². The summed E-state index contributed by atoms with van der Waals surface area (Å²) in [5.41, 5.74) is 0.469. The zero-order chi connectivity index (χ0) is 17.0. The highest BCUT2D eigenvalue weighted by atomic mass is 16.6. The van der Waals surface area contributed by atoms with Crippen molar-refractivity contribution in [3.05, 3.63) is 34.4 Å². The van der Waals surface area contributed by atoms with E-state index >= 15 is 0 Å². The molecule has 7 nitrogen and oxygen atoms in total. The molecule has 0 saturated carbocycles. The Bertz CT molecular complexity index is 575. The van der Waals surface area contributed by atoms with Crippen molar-refractivity contribution >= 4 is 17.3 Å². The molecule has 23 heavy (non-hydrogen) atoms. The van der Waals surface area contributed by atoms with Gasteiger partial charge in [-0.25, -0.2) is 0 Å². The number of carbonyl (C=O) groups is 1. The Balaban J connectivity index is 1.88. The molecule has 0 atom stereocenters. The van der Waals surface area contributed by atoms with Crippen molar-refractivity contribution in [1.82, 2.24) is 4.90 Å². The Hall–Kier alpha value is -2.15. The summed E-state index contributed by atoms with van der Waals surface area (Å²) in [6, 6.07) is 6.64. The quantitative estimate of drug-likeness (QED) is 0.480. The normalized spacial score (nSPS) is 16.2. The van der Waals surface area contributed by atoms with Crippen molar-refractivity contribution in [2.45, 2.75) is 26.4 Å². The van der Waals surface area contributed by atoms with Gasteiger partial charge in [-0.15, -0.1) is 0 Å². The van der Waals surface area contributed by atoms with Gasteiger partial charge in [0.2, 0.25) is 0 Å². The largest absolute Gasteiger partial charge is 0.459 e.